The first-order chi connectivity index (χ1) is 15.6. The van der Waals surface area contributed by atoms with Gasteiger partial charge in [0, 0.05) is 12.7 Å². The van der Waals surface area contributed by atoms with Crippen LogP contribution >= 0.6 is 11.6 Å². The van der Waals surface area contributed by atoms with E-state index in [-0.39, 0.29) is 26.9 Å². The minimum absolute atomic E-state index is 0.0222. The lowest BCUT2D eigenvalue weighted by Crippen LogP contribution is -2.27. The van der Waals surface area contributed by atoms with Gasteiger partial charge in [-0.1, -0.05) is 11.6 Å². The van der Waals surface area contributed by atoms with Gasteiger partial charge in [-0.25, -0.2) is 17.6 Å². The Morgan fingerprint density at radius 2 is 1.70 bits per heavy atom. The van der Waals surface area contributed by atoms with E-state index in [0.29, 0.717) is 5.69 Å². The summed E-state index contributed by atoms with van der Waals surface area (Å²) in [6.07, 6.45) is 0. The first-order valence-electron chi connectivity index (χ1n) is 9.38. The molecule has 0 bridgehead atoms. The number of halogens is 2. The van der Waals surface area contributed by atoms with E-state index in [1.165, 1.54) is 55.6 Å². The highest BCUT2D eigenvalue weighted by Crippen LogP contribution is 2.26. The molecule has 2 N–H and O–H groups in total. The molecule has 0 saturated carbocycles. The van der Waals surface area contributed by atoms with Crippen LogP contribution in [0.25, 0.3) is 0 Å². The summed E-state index contributed by atoms with van der Waals surface area (Å²) in [5, 5.41) is 11.7. The topological polar surface area (TPSA) is 113 Å². The highest BCUT2D eigenvalue weighted by atomic mass is 35.5. The molecular formula is C22H18ClFN2O6S. The molecule has 0 radical (unpaired) electrons. The van der Waals surface area contributed by atoms with Crippen molar-refractivity contribution in [3.63, 3.8) is 0 Å². The van der Waals surface area contributed by atoms with Gasteiger partial charge in [-0.3, -0.25) is 9.10 Å². The minimum Gasteiger partial charge on any atom is -0.508 e. The third kappa shape index (κ3) is 5.79. The van der Waals surface area contributed by atoms with E-state index in [0.717, 1.165) is 22.5 Å². The van der Waals surface area contributed by atoms with Gasteiger partial charge >= 0.3 is 5.97 Å². The Kier molecular flexibility index (Phi) is 7.19. The number of anilines is 2. The Labute approximate surface area is 194 Å². The number of carbonyl (C=O) groups is 2. The number of esters is 1. The van der Waals surface area contributed by atoms with Crippen LogP contribution in [0.15, 0.2) is 71.6 Å². The molecule has 0 spiro atoms. The van der Waals surface area contributed by atoms with Gasteiger partial charge in [0.1, 0.15) is 11.6 Å². The van der Waals surface area contributed by atoms with E-state index in [9.17, 15) is 27.5 Å². The molecule has 0 saturated heterocycles. The molecule has 8 nitrogen and oxygen atoms in total. The maximum atomic E-state index is 13.2. The number of hydrogen-bond acceptors (Lipinski definition) is 6. The number of hydrogen-bond donors (Lipinski definition) is 2. The van der Waals surface area contributed by atoms with Crippen molar-refractivity contribution in [3.8, 4) is 5.75 Å². The fourth-order valence-corrected chi connectivity index (χ4v) is 4.14. The quantitative estimate of drug-likeness (QED) is 0.383. The molecule has 1 amide bonds. The van der Waals surface area contributed by atoms with Crippen LogP contribution in [0.3, 0.4) is 0 Å². The number of nitrogens with zero attached hydrogens (tertiary/aromatic N) is 1. The van der Waals surface area contributed by atoms with Crippen LogP contribution in [0.1, 0.15) is 10.4 Å². The van der Waals surface area contributed by atoms with E-state index < -0.39 is 34.3 Å². The minimum atomic E-state index is -4.11. The number of rotatable bonds is 7. The number of phenolic OH excluding ortho intramolecular Hbond substituents is 1. The third-order valence-corrected chi connectivity index (χ3v) is 6.60. The van der Waals surface area contributed by atoms with E-state index in [1.54, 1.807) is 0 Å². The molecule has 3 aromatic carbocycles. The van der Waals surface area contributed by atoms with Crippen LogP contribution in [0.4, 0.5) is 15.8 Å². The Hall–Kier alpha value is -3.63. The molecule has 172 valence electrons. The molecule has 11 heteroatoms. The van der Waals surface area contributed by atoms with Crippen LogP contribution < -0.4 is 9.62 Å². The zero-order valence-electron chi connectivity index (χ0n) is 17.2. The molecule has 3 aromatic rings. The second-order valence-electron chi connectivity index (χ2n) is 6.76. The van der Waals surface area contributed by atoms with Crippen molar-refractivity contribution in [2.75, 3.05) is 23.3 Å². The van der Waals surface area contributed by atoms with E-state index >= 15 is 0 Å². The summed E-state index contributed by atoms with van der Waals surface area (Å²) in [5.74, 6) is -2.14. The second-order valence-corrected chi connectivity index (χ2v) is 9.14. The van der Waals surface area contributed by atoms with Gasteiger partial charge in [-0.15, -0.1) is 0 Å². The molecule has 0 fully saturated rings. The van der Waals surface area contributed by atoms with Gasteiger partial charge in [0.2, 0.25) is 0 Å². The Balaban J connectivity index is 1.73. The maximum Gasteiger partial charge on any atom is 0.340 e. The number of benzene rings is 3. The number of carbonyl (C=O) groups excluding carboxylic acids is 2. The summed E-state index contributed by atoms with van der Waals surface area (Å²) >= 11 is 6.04. The third-order valence-electron chi connectivity index (χ3n) is 4.49. The lowest BCUT2D eigenvalue weighted by Gasteiger charge is -2.20. The first-order valence-corrected chi connectivity index (χ1v) is 11.2. The standard InChI is InChI=1S/C22H18ClFN2O6S/c1-26(16-6-2-14(24)3-7-16)33(30,31)18-10-11-20(23)19(12-18)22(29)32-13-21(28)25-15-4-8-17(27)9-5-15/h2-12,27H,13H2,1H3,(H,25,28). The second kappa shape index (κ2) is 9.88. The number of phenols is 1. The zero-order chi connectivity index (χ0) is 24.2. The molecule has 3 rings (SSSR count). The molecule has 0 heterocycles. The van der Waals surface area contributed by atoms with Crippen molar-refractivity contribution >= 4 is 44.9 Å². The van der Waals surface area contributed by atoms with Crippen molar-refractivity contribution in [3.05, 3.63) is 83.1 Å². The van der Waals surface area contributed by atoms with Crippen LogP contribution in [-0.4, -0.2) is 39.1 Å². The monoisotopic (exact) mass is 492 g/mol. The summed E-state index contributed by atoms with van der Waals surface area (Å²) in [6.45, 7) is -0.650. The van der Waals surface area contributed by atoms with Gasteiger partial charge in [-0.05, 0) is 66.7 Å². The van der Waals surface area contributed by atoms with E-state index in [2.05, 4.69) is 5.32 Å². The van der Waals surface area contributed by atoms with Crippen LogP contribution in [0, 0.1) is 5.82 Å². The molecule has 33 heavy (non-hydrogen) atoms. The van der Waals surface area contributed by atoms with Crippen molar-refractivity contribution in [2.24, 2.45) is 0 Å². The summed E-state index contributed by atoms with van der Waals surface area (Å²) in [7, 11) is -2.83. The van der Waals surface area contributed by atoms with Gasteiger partial charge in [0.05, 0.1) is 21.2 Å². The number of nitrogens with one attached hydrogen (secondary N) is 1. The van der Waals surface area contributed by atoms with Crippen molar-refractivity contribution in [1.82, 2.24) is 0 Å². The maximum absolute atomic E-state index is 13.2. The van der Waals surface area contributed by atoms with Gasteiger partial charge in [0.15, 0.2) is 6.61 Å². The molecule has 0 aliphatic carbocycles. The lowest BCUT2D eigenvalue weighted by molar-refractivity contribution is -0.119. The van der Waals surface area contributed by atoms with E-state index in [1.807, 2.05) is 0 Å². The number of ether oxygens (including phenoxy) is 1. The largest absolute Gasteiger partial charge is 0.508 e. The summed E-state index contributed by atoms with van der Waals surface area (Å²) in [4.78, 5) is 24.2. The average molecular weight is 493 g/mol. The van der Waals surface area contributed by atoms with Crippen LogP contribution in [-0.2, 0) is 19.6 Å². The van der Waals surface area contributed by atoms with Gasteiger partial charge < -0.3 is 15.2 Å². The Bertz CT molecular complexity index is 1280. The normalized spacial score (nSPS) is 11.0. The fourth-order valence-electron chi connectivity index (χ4n) is 2.72. The van der Waals surface area contributed by atoms with Crippen LogP contribution in [0.2, 0.25) is 5.02 Å². The summed E-state index contributed by atoms with van der Waals surface area (Å²) in [6, 6.07) is 14.0. The Morgan fingerprint density at radius 3 is 2.33 bits per heavy atom. The lowest BCUT2D eigenvalue weighted by atomic mass is 10.2. The molecular weight excluding hydrogens is 475 g/mol. The predicted octanol–water partition coefficient (Wildman–Crippen LogP) is 3.81. The molecule has 0 aliphatic rings. The predicted molar refractivity (Wildman–Crippen MR) is 120 cm³/mol. The molecule has 0 unspecified atom stereocenters. The Morgan fingerprint density at radius 1 is 1.06 bits per heavy atom. The molecule has 0 aliphatic heterocycles. The highest BCUT2D eigenvalue weighted by molar-refractivity contribution is 7.92. The summed E-state index contributed by atoms with van der Waals surface area (Å²) < 4.78 is 44.9. The highest BCUT2D eigenvalue weighted by Gasteiger charge is 2.24. The summed E-state index contributed by atoms with van der Waals surface area (Å²) in [5.41, 5.74) is 0.341. The van der Waals surface area contributed by atoms with Crippen molar-refractivity contribution in [2.45, 2.75) is 4.90 Å². The van der Waals surface area contributed by atoms with Gasteiger partial charge in [0.25, 0.3) is 15.9 Å². The number of amides is 1. The first kappa shape index (κ1) is 24.0. The molecule has 0 aromatic heterocycles. The van der Waals surface area contributed by atoms with Gasteiger partial charge in [-0.2, -0.15) is 0 Å². The van der Waals surface area contributed by atoms with Crippen molar-refractivity contribution < 1.29 is 32.2 Å². The average Bonchev–Trinajstić information content (AvgIpc) is 2.79. The van der Waals surface area contributed by atoms with E-state index in [4.69, 9.17) is 16.3 Å². The number of aromatic hydroxyl groups is 1. The number of sulfonamides is 1. The fraction of sp³-hybridized carbons (Fsp3) is 0.0909. The van der Waals surface area contributed by atoms with Crippen LogP contribution in [0.5, 0.6) is 5.75 Å². The zero-order valence-corrected chi connectivity index (χ0v) is 18.7. The molecule has 0 atom stereocenters. The SMILES string of the molecule is CN(c1ccc(F)cc1)S(=O)(=O)c1ccc(Cl)c(C(=O)OCC(=O)Nc2ccc(O)cc2)c1. The smallest absolute Gasteiger partial charge is 0.340 e. The van der Waals surface area contributed by atoms with Crippen molar-refractivity contribution in [1.29, 1.82) is 0 Å².